The summed E-state index contributed by atoms with van der Waals surface area (Å²) in [5.74, 6) is 0.982. The quantitative estimate of drug-likeness (QED) is 0.804. The first-order valence-corrected chi connectivity index (χ1v) is 5.79. The van der Waals surface area contributed by atoms with Crippen LogP contribution >= 0.6 is 0 Å². The summed E-state index contributed by atoms with van der Waals surface area (Å²) >= 11 is 0. The zero-order valence-corrected chi connectivity index (χ0v) is 9.86. The van der Waals surface area contributed by atoms with Gasteiger partial charge < -0.3 is 5.32 Å². The van der Waals surface area contributed by atoms with Crippen LogP contribution < -0.4 is 5.32 Å². The maximum absolute atomic E-state index is 12.3. The van der Waals surface area contributed by atoms with Crippen LogP contribution in [0, 0.1) is 0 Å². The van der Waals surface area contributed by atoms with Gasteiger partial charge in [0.1, 0.15) is 12.2 Å². The lowest BCUT2D eigenvalue weighted by molar-refractivity contribution is -0.124. The number of Topliss-reactive ketones (excluding diaryl/α,β-unsaturated/α-hetero) is 1. The Bertz CT molecular complexity index is 379. The van der Waals surface area contributed by atoms with Gasteiger partial charge in [-0.2, -0.15) is 5.10 Å². The van der Waals surface area contributed by atoms with Crippen molar-refractivity contribution in [2.24, 2.45) is 7.05 Å². The molecule has 0 spiro atoms. The summed E-state index contributed by atoms with van der Waals surface area (Å²) in [5.41, 5.74) is -0.314. The number of hydrogen-bond acceptors (Lipinski definition) is 4. The zero-order chi connectivity index (χ0) is 11.6. The first kappa shape index (κ1) is 11.3. The second kappa shape index (κ2) is 4.33. The number of hydrogen-bond donors (Lipinski definition) is 1. The van der Waals surface area contributed by atoms with Gasteiger partial charge in [0, 0.05) is 7.05 Å². The lowest BCUT2D eigenvalue weighted by atomic mass is 9.87. The highest BCUT2D eigenvalue weighted by Crippen LogP contribution is 2.25. The van der Waals surface area contributed by atoms with E-state index in [4.69, 9.17) is 0 Å². The lowest BCUT2D eigenvalue weighted by Gasteiger charge is -2.26. The van der Waals surface area contributed by atoms with E-state index in [1.54, 1.807) is 4.68 Å². The molecule has 1 saturated heterocycles. The molecule has 1 aromatic heterocycles. The summed E-state index contributed by atoms with van der Waals surface area (Å²) in [7, 11) is 1.82. The van der Waals surface area contributed by atoms with Crippen LogP contribution in [0.3, 0.4) is 0 Å². The van der Waals surface area contributed by atoms with Crippen LogP contribution in [-0.2, 0) is 18.3 Å². The van der Waals surface area contributed by atoms with Crippen LogP contribution in [-0.4, -0.2) is 32.6 Å². The largest absolute Gasteiger partial charge is 0.305 e. The Hall–Kier alpha value is -1.23. The number of aromatic nitrogens is 3. The summed E-state index contributed by atoms with van der Waals surface area (Å²) in [6, 6.07) is 0. The van der Waals surface area contributed by atoms with Crippen molar-refractivity contribution in [3.05, 3.63) is 12.2 Å². The molecule has 0 bridgehead atoms. The van der Waals surface area contributed by atoms with E-state index < -0.39 is 0 Å². The summed E-state index contributed by atoms with van der Waals surface area (Å²) in [6.07, 6.45) is 4.74. The Morgan fingerprint density at radius 3 is 3.00 bits per heavy atom. The summed E-state index contributed by atoms with van der Waals surface area (Å²) in [4.78, 5) is 16.4. The van der Waals surface area contributed by atoms with Gasteiger partial charge in [0.25, 0.3) is 0 Å². The third-order valence-corrected chi connectivity index (χ3v) is 3.50. The van der Waals surface area contributed by atoms with Gasteiger partial charge in [-0.1, -0.05) is 6.92 Å². The van der Waals surface area contributed by atoms with Crippen molar-refractivity contribution < 1.29 is 4.79 Å². The van der Waals surface area contributed by atoms with Gasteiger partial charge in [0.2, 0.25) is 0 Å². The summed E-state index contributed by atoms with van der Waals surface area (Å²) in [5, 5.41) is 7.32. The van der Waals surface area contributed by atoms with Crippen LogP contribution in [0.4, 0.5) is 0 Å². The third-order valence-electron chi connectivity index (χ3n) is 3.50. The highest BCUT2D eigenvalue weighted by Gasteiger charge is 2.38. The molecule has 0 radical (unpaired) electrons. The van der Waals surface area contributed by atoms with E-state index in [1.807, 2.05) is 7.05 Å². The Balaban J connectivity index is 2.10. The fourth-order valence-corrected chi connectivity index (χ4v) is 2.34. The second-order valence-corrected chi connectivity index (χ2v) is 4.37. The molecule has 1 aliphatic rings. The van der Waals surface area contributed by atoms with Crippen LogP contribution in [0.1, 0.15) is 32.0 Å². The summed E-state index contributed by atoms with van der Waals surface area (Å²) in [6.45, 7) is 3.01. The van der Waals surface area contributed by atoms with Gasteiger partial charge in [-0.15, -0.1) is 0 Å². The Morgan fingerprint density at radius 1 is 1.69 bits per heavy atom. The lowest BCUT2D eigenvalue weighted by Crippen LogP contribution is -2.48. The maximum atomic E-state index is 12.3. The molecule has 1 aromatic rings. The van der Waals surface area contributed by atoms with Crippen LogP contribution in [0.25, 0.3) is 0 Å². The molecule has 16 heavy (non-hydrogen) atoms. The molecule has 5 heteroatoms. The molecule has 1 fully saturated rings. The number of rotatable bonds is 4. The topological polar surface area (TPSA) is 59.8 Å². The molecule has 88 valence electrons. The Labute approximate surface area is 95.2 Å². The van der Waals surface area contributed by atoms with Crippen molar-refractivity contribution in [1.29, 1.82) is 0 Å². The van der Waals surface area contributed by atoms with Gasteiger partial charge in [0.05, 0.1) is 12.0 Å². The molecule has 2 heterocycles. The number of nitrogens with one attached hydrogen (secondary N) is 1. The molecular weight excluding hydrogens is 204 g/mol. The van der Waals surface area contributed by atoms with Gasteiger partial charge in [-0.3, -0.25) is 9.48 Å². The Kier molecular flexibility index (Phi) is 3.05. The van der Waals surface area contributed by atoms with Crippen molar-refractivity contribution in [3.8, 4) is 0 Å². The van der Waals surface area contributed by atoms with Crippen molar-refractivity contribution in [1.82, 2.24) is 20.1 Å². The molecule has 0 aliphatic carbocycles. The third kappa shape index (κ3) is 1.87. The first-order chi connectivity index (χ1) is 7.68. The summed E-state index contributed by atoms with van der Waals surface area (Å²) < 4.78 is 1.66. The predicted molar refractivity (Wildman–Crippen MR) is 60.0 cm³/mol. The smallest absolute Gasteiger partial charge is 0.160 e. The number of nitrogens with zero attached hydrogens (tertiary/aromatic N) is 3. The van der Waals surface area contributed by atoms with Gasteiger partial charge in [0.15, 0.2) is 5.78 Å². The number of carbonyl (C=O) groups is 1. The molecular formula is C11H18N4O. The van der Waals surface area contributed by atoms with E-state index in [9.17, 15) is 4.79 Å². The van der Waals surface area contributed by atoms with E-state index in [1.165, 1.54) is 6.33 Å². The van der Waals surface area contributed by atoms with Crippen molar-refractivity contribution in [2.45, 2.75) is 38.1 Å². The zero-order valence-electron chi connectivity index (χ0n) is 9.86. The van der Waals surface area contributed by atoms with E-state index in [2.05, 4.69) is 22.3 Å². The minimum Gasteiger partial charge on any atom is -0.305 e. The molecule has 5 nitrogen and oxygen atoms in total. The number of ketones is 1. The van der Waals surface area contributed by atoms with Crippen LogP contribution in [0.2, 0.25) is 0 Å². The highest BCUT2D eigenvalue weighted by atomic mass is 16.1. The molecule has 1 unspecified atom stereocenters. The van der Waals surface area contributed by atoms with E-state index in [0.717, 1.165) is 31.6 Å². The molecule has 1 aliphatic heterocycles. The fourth-order valence-electron chi connectivity index (χ4n) is 2.34. The van der Waals surface area contributed by atoms with Crippen molar-refractivity contribution in [2.75, 3.05) is 6.54 Å². The average Bonchev–Trinajstić information content (AvgIpc) is 2.89. The van der Waals surface area contributed by atoms with Gasteiger partial charge in [-0.05, 0) is 25.8 Å². The standard InChI is InChI=1S/C11H18N4O/c1-3-11(5-4-6-13-11)9(16)7-10-12-8-14-15(10)2/h8,13H,3-7H2,1-2H3. The number of aryl methyl sites for hydroxylation is 1. The average molecular weight is 222 g/mol. The minimum absolute atomic E-state index is 0.239. The fraction of sp³-hybridized carbons (Fsp3) is 0.727. The maximum Gasteiger partial charge on any atom is 0.160 e. The van der Waals surface area contributed by atoms with E-state index >= 15 is 0 Å². The number of carbonyl (C=O) groups excluding carboxylic acids is 1. The van der Waals surface area contributed by atoms with Gasteiger partial charge >= 0.3 is 0 Å². The molecule has 0 amide bonds. The van der Waals surface area contributed by atoms with Crippen molar-refractivity contribution >= 4 is 5.78 Å². The molecule has 1 N–H and O–H groups in total. The minimum atomic E-state index is -0.314. The first-order valence-electron chi connectivity index (χ1n) is 5.79. The van der Waals surface area contributed by atoms with E-state index in [0.29, 0.717) is 6.42 Å². The van der Waals surface area contributed by atoms with Crippen molar-refractivity contribution in [3.63, 3.8) is 0 Å². The molecule has 0 saturated carbocycles. The monoisotopic (exact) mass is 222 g/mol. The molecule has 2 rings (SSSR count). The normalized spacial score (nSPS) is 24.9. The SMILES string of the molecule is CCC1(C(=O)Cc2ncnn2C)CCCN1. The van der Waals surface area contributed by atoms with E-state index in [-0.39, 0.29) is 11.3 Å². The highest BCUT2D eigenvalue weighted by molar-refractivity contribution is 5.90. The Morgan fingerprint density at radius 2 is 2.50 bits per heavy atom. The second-order valence-electron chi connectivity index (χ2n) is 4.37. The predicted octanol–water partition coefficient (Wildman–Crippen LogP) is 0.459. The van der Waals surface area contributed by atoms with Crippen LogP contribution in [0.15, 0.2) is 6.33 Å². The molecule has 1 atom stereocenters. The van der Waals surface area contributed by atoms with Crippen LogP contribution in [0.5, 0.6) is 0 Å². The van der Waals surface area contributed by atoms with Gasteiger partial charge in [-0.25, -0.2) is 4.98 Å². The molecule has 0 aromatic carbocycles.